The Balaban J connectivity index is 1.34. The van der Waals surface area contributed by atoms with Gasteiger partial charge in [-0.05, 0) is 68.4 Å². The van der Waals surface area contributed by atoms with Crippen molar-refractivity contribution in [2.24, 2.45) is 34.5 Å². The molecule has 3 fully saturated rings. The van der Waals surface area contributed by atoms with E-state index in [1.54, 1.807) is 12.2 Å². The van der Waals surface area contributed by atoms with Gasteiger partial charge >= 0.3 is 11.9 Å². The highest BCUT2D eigenvalue weighted by molar-refractivity contribution is 6.01. The predicted octanol–water partition coefficient (Wildman–Crippen LogP) is 2.51. The Morgan fingerprint density at radius 2 is 1.85 bits per heavy atom. The predicted molar refractivity (Wildman–Crippen MR) is 147 cm³/mol. The Labute approximate surface area is 240 Å². The second-order valence-electron chi connectivity index (χ2n) is 12.9. The minimum atomic E-state index is -1.76. The number of hydrogen-bond donors (Lipinski definition) is 4. The van der Waals surface area contributed by atoms with Gasteiger partial charge in [0.25, 0.3) is 0 Å². The number of nitrogens with one attached hydrogen (secondary N) is 1. The van der Waals surface area contributed by atoms with Crippen molar-refractivity contribution in [2.45, 2.75) is 90.3 Å². The molecule has 4 rings (SSSR count). The summed E-state index contributed by atoms with van der Waals surface area (Å²) in [7, 11) is 0. The Kier molecular flexibility index (Phi) is 8.95. The van der Waals surface area contributed by atoms with E-state index in [4.69, 9.17) is 9.84 Å². The monoisotopic (exact) mass is 573 g/mol. The number of carboxylic acid groups (broad SMARTS) is 1. The fourth-order valence-corrected chi connectivity index (χ4v) is 8.53. The summed E-state index contributed by atoms with van der Waals surface area (Å²) < 4.78 is 5.25. The van der Waals surface area contributed by atoms with Gasteiger partial charge in [0.05, 0.1) is 6.10 Å². The van der Waals surface area contributed by atoms with Gasteiger partial charge in [0.2, 0.25) is 11.7 Å². The fraction of sp³-hybridized carbons (Fsp3) is 0.710. The van der Waals surface area contributed by atoms with Gasteiger partial charge in [0, 0.05) is 42.6 Å². The van der Waals surface area contributed by atoms with Gasteiger partial charge in [-0.3, -0.25) is 24.0 Å². The normalized spacial score (nSPS) is 37.3. The third-order valence-electron chi connectivity index (χ3n) is 10.5. The van der Waals surface area contributed by atoms with Crippen molar-refractivity contribution < 1.29 is 44.0 Å². The summed E-state index contributed by atoms with van der Waals surface area (Å²) in [5, 5.41) is 34.8. The molecule has 0 heterocycles. The van der Waals surface area contributed by atoms with Crippen molar-refractivity contribution in [1.29, 1.82) is 0 Å². The molecule has 4 aliphatic rings. The summed E-state index contributed by atoms with van der Waals surface area (Å²) in [6, 6.07) is 0. The molecule has 0 aliphatic heterocycles. The van der Waals surface area contributed by atoms with Gasteiger partial charge in [-0.25, -0.2) is 0 Å². The molecule has 10 heteroatoms. The van der Waals surface area contributed by atoms with Crippen LogP contribution in [0.15, 0.2) is 23.8 Å². The molecule has 0 aromatic heterocycles. The topological polar surface area (TPSA) is 167 Å². The zero-order valence-electron chi connectivity index (χ0n) is 24.2. The zero-order chi connectivity index (χ0) is 30.2. The lowest BCUT2D eigenvalue weighted by Gasteiger charge is -2.59. The van der Waals surface area contributed by atoms with Crippen LogP contribution in [0.5, 0.6) is 0 Å². The standard InChI is InChI=1S/C31H43NO9/c1-18-14-22-21-10-9-19-15-20(33)11-12-29(19,2)28(21)23(34)16-30(22,3)31(18,40)24(35)17-41-27(39)8-5-13-32-25(36)6-4-7-26(37)38/h11-12,15,18,21-23,28,34,40H,4-10,13-14,16-17H2,1-3H3,(H,32,36)(H,37,38)/t18-,21+,22?,23+,28?,29+,30+,31+/m1/s1. The lowest BCUT2D eigenvalue weighted by atomic mass is 9.46. The summed E-state index contributed by atoms with van der Waals surface area (Å²) in [5.74, 6) is -2.93. The van der Waals surface area contributed by atoms with Gasteiger partial charge in [0.1, 0.15) is 5.60 Å². The quantitative estimate of drug-likeness (QED) is 0.214. The molecule has 0 saturated heterocycles. The second-order valence-corrected chi connectivity index (χ2v) is 12.9. The van der Waals surface area contributed by atoms with Crippen molar-refractivity contribution in [2.75, 3.05) is 13.2 Å². The molecule has 1 amide bonds. The summed E-state index contributed by atoms with van der Waals surface area (Å²) >= 11 is 0. The summed E-state index contributed by atoms with van der Waals surface area (Å²) in [4.78, 5) is 60.1. The number of carboxylic acids is 1. The number of aliphatic hydroxyl groups is 2. The minimum absolute atomic E-state index is 0.0148. The highest BCUT2D eigenvalue weighted by atomic mass is 16.5. The van der Waals surface area contributed by atoms with Crippen molar-refractivity contribution in [3.05, 3.63) is 23.8 Å². The number of aliphatic carboxylic acids is 1. The number of ether oxygens (including phenoxy) is 1. The number of Topliss-reactive ketones (excluding diaryl/α,β-unsaturated/α-hetero) is 1. The van der Waals surface area contributed by atoms with E-state index in [2.05, 4.69) is 12.2 Å². The molecule has 4 aliphatic carbocycles. The minimum Gasteiger partial charge on any atom is -0.481 e. The SMILES string of the molecule is C[C@@H]1CC2[C@@H]3CCC4=CC(=O)C=C[C@]4(C)C3[C@@H](O)C[C@]2(C)[C@@]1(O)C(=O)COC(=O)CCCNC(=O)CCCC(=O)O. The van der Waals surface area contributed by atoms with Crippen LogP contribution in [0, 0.1) is 34.5 Å². The molecular weight excluding hydrogens is 530 g/mol. The first-order valence-electron chi connectivity index (χ1n) is 14.8. The molecule has 41 heavy (non-hydrogen) atoms. The number of fused-ring (bicyclic) bond motifs is 5. The molecule has 10 nitrogen and oxygen atoms in total. The summed E-state index contributed by atoms with van der Waals surface area (Å²) in [6.07, 6.45) is 7.27. The first-order chi connectivity index (χ1) is 19.2. The van der Waals surface area contributed by atoms with E-state index < -0.39 is 46.9 Å². The first-order valence-corrected chi connectivity index (χ1v) is 14.8. The number of allylic oxidation sites excluding steroid dienone is 4. The molecule has 0 radical (unpaired) electrons. The number of esters is 1. The van der Waals surface area contributed by atoms with Crippen LogP contribution in [0.4, 0.5) is 0 Å². The van der Waals surface area contributed by atoms with Gasteiger partial charge in [-0.15, -0.1) is 0 Å². The average Bonchev–Trinajstić information content (AvgIpc) is 3.11. The molecule has 0 spiro atoms. The highest BCUT2D eigenvalue weighted by Gasteiger charge is 2.70. The van der Waals surface area contributed by atoms with E-state index in [0.29, 0.717) is 12.8 Å². The van der Waals surface area contributed by atoms with E-state index >= 15 is 0 Å². The van der Waals surface area contributed by atoms with Crippen molar-refractivity contribution >= 4 is 29.4 Å². The van der Waals surface area contributed by atoms with Gasteiger partial charge in [-0.1, -0.05) is 32.4 Å². The van der Waals surface area contributed by atoms with E-state index in [-0.39, 0.29) is 74.0 Å². The van der Waals surface area contributed by atoms with Crippen LogP contribution in [0.25, 0.3) is 0 Å². The highest BCUT2D eigenvalue weighted by Crippen LogP contribution is 2.68. The van der Waals surface area contributed by atoms with Crippen LogP contribution in [0.3, 0.4) is 0 Å². The van der Waals surface area contributed by atoms with Crippen LogP contribution in [-0.2, 0) is 28.7 Å². The fourth-order valence-electron chi connectivity index (χ4n) is 8.53. The smallest absolute Gasteiger partial charge is 0.306 e. The molecule has 4 N–H and O–H groups in total. The van der Waals surface area contributed by atoms with Crippen LogP contribution in [-0.4, -0.2) is 69.6 Å². The number of ketones is 2. The number of aliphatic hydroxyl groups excluding tert-OH is 1. The zero-order valence-corrected chi connectivity index (χ0v) is 24.2. The number of amides is 1. The first kappa shape index (κ1) is 31.1. The lowest BCUT2D eigenvalue weighted by molar-refractivity contribution is -0.186. The molecule has 0 aromatic rings. The molecule has 226 valence electrons. The molecule has 2 unspecified atom stereocenters. The number of carbonyl (C=O) groups is 5. The second kappa shape index (κ2) is 11.8. The Bertz CT molecular complexity index is 1160. The largest absolute Gasteiger partial charge is 0.481 e. The summed E-state index contributed by atoms with van der Waals surface area (Å²) in [6.45, 7) is 5.45. The number of carbonyl (C=O) groups excluding carboxylic acids is 4. The van der Waals surface area contributed by atoms with Crippen LogP contribution < -0.4 is 5.32 Å². The molecule has 3 saturated carbocycles. The van der Waals surface area contributed by atoms with E-state index in [9.17, 15) is 34.2 Å². The van der Waals surface area contributed by atoms with Gasteiger partial charge in [0.15, 0.2) is 12.4 Å². The van der Waals surface area contributed by atoms with Crippen LogP contribution in [0.2, 0.25) is 0 Å². The maximum atomic E-state index is 13.5. The van der Waals surface area contributed by atoms with Crippen LogP contribution >= 0.6 is 0 Å². The maximum Gasteiger partial charge on any atom is 0.306 e. The van der Waals surface area contributed by atoms with E-state index in [1.165, 1.54) is 0 Å². The Morgan fingerprint density at radius 3 is 2.56 bits per heavy atom. The molecular formula is C31H43NO9. The average molecular weight is 574 g/mol. The maximum absolute atomic E-state index is 13.5. The van der Waals surface area contributed by atoms with Gasteiger partial charge in [-0.2, -0.15) is 0 Å². The van der Waals surface area contributed by atoms with Crippen molar-refractivity contribution in [3.8, 4) is 0 Å². The number of rotatable bonds is 11. The molecule has 0 bridgehead atoms. The van der Waals surface area contributed by atoms with Crippen molar-refractivity contribution in [3.63, 3.8) is 0 Å². The number of hydrogen-bond acceptors (Lipinski definition) is 8. The van der Waals surface area contributed by atoms with Gasteiger partial charge < -0.3 is 25.4 Å². The summed E-state index contributed by atoms with van der Waals surface area (Å²) in [5.41, 5.74) is -2.06. The van der Waals surface area contributed by atoms with E-state index in [1.807, 2.05) is 19.9 Å². The van der Waals surface area contributed by atoms with Crippen molar-refractivity contribution in [1.82, 2.24) is 5.32 Å². The Morgan fingerprint density at radius 1 is 1.12 bits per heavy atom. The Hall–Kier alpha value is -2.85. The lowest BCUT2D eigenvalue weighted by Crippen LogP contribution is -2.62. The van der Waals surface area contributed by atoms with Crippen LogP contribution in [0.1, 0.15) is 78.6 Å². The third kappa shape index (κ3) is 5.65. The van der Waals surface area contributed by atoms with E-state index in [0.717, 1.165) is 18.4 Å². The third-order valence-corrected chi connectivity index (χ3v) is 10.5. The molecule has 8 atom stereocenters. The molecule has 0 aromatic carbocycles.